The van der Waals surface area contributed by atoms with Gasteiger partial charge in [-0.05, 0) is 42.0 Å². The van der Waals surface area contributed by atoms with Gasteiger partial charge < -0.3 is 10.2 Å². The number of rotatable bonds is 7. The van der Waals surface area contributed by atoms with Crippen LogP contribution in [-0.4, -0.2) is 58.2 Å². The number of aromatic nitrogens is 5. The van der Waals surface area contributed by atoms with Gasteiger partial charge in [0.05, 0.1) is 17.5 Å². The summed E-state index contributed by atoms with van der Waals surface area (Å²) in [5.74, 6) is 2.61. The van der Waals surface area contributed by atoms with Gasteiger partial charge in [0.25, 0.3) is 0 Å². The molecule has 0 spiro atoms. The summed E-state index contributed by atoms with van der Waals surface area (Å²) in [4.78, 5) is 15.9. The van der Waals surface area contributed by atoms with E-state index in [4.69, 9.17) is 0 Å². The third kappa shape index (κ3) is 4.70. The highest BCUT2D eigenvalue weighted by Crippen LogP contribution is 2.39. The molecule has 0 unspecified atom stereocenters. The number of nitrogens with zero attached hydrogens (tertiary/aromatic N) is 5. The van der Waals surface area contributed by atoms with Crippen molar-refractivity contribution in [2.75, 3.05) is 28.8 Å². The quantitative estimate of drug-likeness (QED) is 0.396. The predicted octanol–water partition coefficient (Wildman–Crippen LogP) is 4.15. The van der Waals surface area contributed by atoms with Crippen molar-refractivity contribution in [1.29, 1.82) is 0 Å². The number of hydrogen-bond acceptors (Lipinski definition) is 8. The molecule has 1 aromatic carbocycles. The minimum atomic E-state index is -3.00. The van der Waals surface area contributed by atoms with Crippen LogP contribution in [0.15, 0.2) is 49.1 Å². The summed E-state index contributed by atoms with van der Waals surface area (Å²) in [6, 6.07) is 8.33. The van der Waals surface area contributed by atoms with Crippen molar-refractivity contribution >= 4 is 37.9 Å². The Morgan fingerprint density at radius 3 is 2.66 bits per heavy atom. The van der Waals surface area contributed by atoms with Crippen LogP contribution in [0.1, 0.15) is 32.3 Å². The van der Waals surface area contributed by atoms with Crippen LogP contribution >= 0.6 is 0 Å². The van der Waals surface area contributed by atoms with Crippen LogP contribution in [0, 0.1) is 5.92 Å². The second-order valence-corrected chi connectivity index (χ2v) is 11.8. The van der Waals surface area contributed by atoms with Crippen molar-refractivity contribution in [3.05, 3.63) is 54.6 Å². The van der Waals surface area contributed by atoms with E-state index in [1.807, 2.05) is 6.20 Å². The second-order valence-electron chi connectivity index (χ2n) is 9.57. The van der Waals surface area contributed by atoms with Gasteiger partial charge in [0.15, 0.2) is 5.82 Å². The Morgan fingerprint density at radius 2 is 1.97 bits per heavy atom. The summed E-state index contributed by atoms with van der Waals surface area (Å²) in [5.41, 5.74) is 3.13. The summed E-state index contributed by atoms with van der Waals surface area (Å²) in [7, 11) is -3.00. The Balaban J connectivity index is 1.47. The first-order valence-electron chi connectivity index (χ1n) is 11.7. The molecule has 0 radical (unpaired) electrons. The van der Waals surface area contributed by atoms with E-state index in [-0.39, 0.29) is 17.7 Å². The van der Waals surface area contributed by atoms with Gasteiger partial charge >= 0.3 is 0 Å². The summed E-state index contributed by atoms with van der Waals surface area (Å²) >= 11 is 0. The van der Waals surface area contributed by atoms with Gasteiger partial charge in [-0.25, -0.2) is 23.4 Å². The van der Waals surface area contributed by atoms with Crippen molar-refractivity contribution in [3.63, 3.8) is 0 Å². The minimum absolute atomic E-state index is 0.140. The van der Waals surface area contributed by atoms with Crippen molar-refractivity contribution in [2.45, 2.75) is 32.7 Å². The molecule has 0 saturated carbocycles. The molecular weight excluding hydrogens is 462 g/mol. The molecule has 3 aromatic heterocycles. The lowest BCUT2D eigenvalue weighted by molar-refractivity contribution is 0.342. The molecular formula is C25H29N7O2S. The van der Waals surface area contributed by atoms with Crippen molar-refractivity contribution in [2.24, 2.45) is 5.92 Å². The number of pyridine rings is 1. The van der Waals surface area contributed by atoms with E-state index >= 15 is 0 Å². The van der Waals surface area contributed by atoms with Gasteiger partial charge in [0.1, 0.15) is 21.5 Å². The number of nitrogens with one attached hydrogen (secondary N) is 2. The lowest BCUT2D eigenvalue weighted by Crippen LogP contribution is -2.57. The summed E-state index contributed by atoms with van der Waals surface area (Å²) in [6.45, 7) is 7.18. The van der Waals surface area contributed by atoms with Crippen molar-refractivity contribution < 1.29 is 8.42 Å². The van der Waals surface area contributed by atoms with Gasteiger partial charge in [-0.1, -0.05) is 19.9 Å². The third-order valence-electron chi connectivity index (χ3n) is 6.63. The molecule has 10 heteroatoms. The monoisotopic (exact) mass is 491 g/mol. The zero-order valence-electron chi connectivity index (χ0n) is 20.2. The molecule has 9 nitrogen and oxygen atoms in total. The zero-order valence-corrected chi connectivity index (χ0v) is 21.0. The van der Waals surface area contributed by atoms with Crippen LogP contribution in [0.25, 0.3) is 22.2 Å². The first-order chi connectivity index (χ1) is 16.7. The molecule has 0 aliphatic carbocycles. The number of hydrogen-bond donors (Lipinski definition) is 2. The Hall–Kier alpha value is -3.53. The van der Waals surface area contributed by atoms with E-state index < -0.39 is 9.84 Å². The van der Waals surface area contributed by atoms with E-state index in [0.29, 0.717) is 23.4 Å². The number of sulfone groups is 1. The van der Waals surface area contributed by atoms with E-state index in [9.17, 15) is 8.42 Å². The fourth-order valence-electron chi connectivity index (χ4n) is 4.73. The van der Waals surface area contributed by atoms with Crippen LogP contribution < -0.4 is 10.2 Å². The SMILES string of the molecule is CC(C)c1ccc(N2C[C@H](CS(C)(=O)=O)[C@H]2C)c2cnc(Nc3ccnc(-c4cn[nH]c4)n3)cc12. The van der Waals surface area contributed by atoms with Gasteiger partial charge in [-0.2, -0.15) is 5.10 Å². The molecule has 182 valence electrons. The molecule has 5 rings (SSSR count). The Labute approximate surface area is 204 Å². The zero-order chi connectivity index (χ0) is 24.7. The average molecular weight is 492 g/mol. The number of anilines is 3. The summed E-state index contributed by atoms with van der Waals surface area (Å²) in [5, 5.41) is 12.2. The topological polar surface area (TPSA) is 117 Å². The molecule has 1 aliphatic heterocycles. The number of benzene rings is 1. The molecule has 1 fully saturated rings. The van der Waals surface area contributed by atoms with Crippen LogP contribution in [0.5, 0.6) is 0 Å². The first kappa shape index (κ1) is 23.2. The van der Waals surface area contributed by atoms with Crippen molar-refractivity contribution in [1.82, 2.24) is 25.1 Å². The maximum atomic E-state index is 11.8. The lowest BCUT2D eigenvalue weighted by atomic mass is 9.88. The Kier molecular flexibility index (Phi) is 5.92. The number of H-pyrrole nitrogens is 1. The standard InChI is InChI=1S/C25H29N7O2S/c1-15(2)19-5-6-22(32-13-18(16(32)3)14-35(4,33)34)21-12-27-24(9-20(19)21)30-23-7-8-26-25(31-23)17-10-28-29-11-17/h5-12,15-16,18H,13-14H2,1-4H3,(H,28,29)(H,26,27,30,31)/t16-,18-/m1/s1. The van der Waals surface area contributed by atoms with E-state index in [0.717, 1.165) is 28.6 Å². The molecule has 2 atom stereocenters. The molecule has 35 heavy (non-hydrogen) atoms. The lowest BCUT2D eigenvalue weighted by Gasteiger charge is -2.48. The third-order valence-corrected chi connectivity index (χ3v) is 7.67. The van der Waals surface area contributed by atoms with E-state index in [2.05, 4.69) is 74.3 Å². The highest BCUT2D eigenvalue weighted by atomic mass is 32.2. The van der Waals surface area contributed by atoms with Crippen LogP contribution in [0.2, 0.25) is 0 Å². The fraction of sp³-hybridized carbons (Fsp3) is 0.360. The first-order valence-corrected chi connectivity index (χ1v) is 13.7. The number of fused-ring (bicyclic) bond motifs is 1. The van der Waals surface area contributed by atoms with E-state index in [1.54, 1.807) is 24.7 Å². The largest absolute Gasteiger partial charge is 0.368 e. The van der Waals surface area contributed by atoms with Gasteiger partial charge in [-0.15, -0.1) is 0 Å². The molecule has 1 aliphatic rings. The smallest absolute Gasteiger partial charge is 0.164 e. The average Bonchev–Trinajstić information content (AvgIpc) is 3.35. The summed E-state index contributed by atoms with van der Waals surface area (Å²) < 4.78 is 23.6. The van der Waals surface area contributed by atoms with Crippen LogP contribution in [0.3, 0.4) is 0 Å². The predicted molar refractivity (Wildman–Crippen MR) is 139 cm³/mol. The maximum absolute atomic E-state index is 11.8. The van der Waals surface area contributed by atoms with Crippen LogP contribution in [0.4, 0.5) is 17.3 Å². The fourth-order valence-corrected chi connectivity index (χ4v) is 5.89. The highest BCUT2D eigenvalue weighted by Gasteiger charge is 2.38. The van der Waals surface area contributed by atoms with Crippen molar-refractivity contribution in [3.8, 4) is 11.4 Å². The Bertz CT molecular complexity index is 1470. The highest BCUT2D eigenvalue weighted by molar-refractivity contribution is 7.90. The van der Waals surface area contributed by atoms with Crippen LogP contribution in [-0.2, 0) is 9.84 Å². The number of aromatic amines is 1. The Morgan fingerprint density at radius 1 is 1.14 bits per heavy atom. The molecule has 4 heterocycles. The summed E-state index contributed by atoms with van der Waals surface area (Å²) in [6.07, 6.45) is 8.34. The second kappa shape index (κ2) is 8.92. The minimum Gasteiger partial charge on any atom is -0.368 e. The normalized spacial score (nSPS) is 18.1. The van der Waals surface area contributed by atoms with Gasteiger partial charge in [0.2, 0.25) is 0 Å². The van der Waals surface area contributed by atoms with E-state index in [1.165, 1.54) is 11.8 Å². The van der Waals surface area contributed by atoms with Gasteiger partial charge in [0, 0.05) is 54.4 Å². The molecule has 0 amide bonds. The van der Waals surface area contributed by atoms with Gasteiger partial charge in [-0.3, -0.25) is 5.10 Å². The maximum Gasteiger partial charge on any atom is 0.164 e. The molecule has 4 aromatic rings. The molecule has 2 N–H and O–H groups in total. The molecule has 0 bridgehead atoms. The molecule has 1 saturated heterocycles.